The van der Waals surface area contributed by atoms with Crippen molar-refractivity contribution in [2.45, 2.75) is 6.42 Å². The molecule has 0 fully saturated rings. The van der Waals surface area contributed by atoms with E-state index in [1.165, 1.54) is 12.1 Å². The fraction of sp³-hybridized carbons (Fsp3) is 0.0625. The molecule has 0 unspecified atom stereocenters. The molecule has 4 rings (SSSR count). The first-order valence-electron chi connectivity index (χ1n) is 6.85. The summed E-state index contributed by atoms with van der Waals surface area (Å²) in [6.07, 6.45) is 0.490. The topological polar surface area (TPSA) is 51.8 Å². The van der Waals surface area contributed by atoms with Gasteiger partial charge >= 0.3 is 0 Å². The van der Waals surface area contributed by atoms with Crippen molar-refractivity contribution in [3.63, 3.8) is 0 Å². The molecule has 0 atom stereocenters. The van der Waals surface area contributed by atoms with Gasteiger partial charge in [0.15, 0.2) is 0 Å². The van der Waals surface area contributed by atoms with E-state index in [0.717, 1.165) is 21.1 Å². The zero-order valence-electron chi connectivity index (χ0n) is 11.8. The van der Waals surface area contributed by atoms with Crippen molar-refractivity contribution >= 4 is 22.7 Å². The normalized spacial score (nSPS) is 11.0. The molecule has 0 aliphatic heterocycles. The SMILES string of the molecule is Fc1ccc(-c2noc(Cc3nc(-c4cccs4)cs3)n2)cc1. The van der Waals surface area contributed by atoms with Crippen LogP contribution in [0.1, 0.15) is 10.9 Å². The van der Waals surface area contributed by atoms with E-state index >= 15 is 0 Å². The predicted molar refractivity (Wildman–Crippen MR) is 87.9 cm³/mol. The third kappa shape index (κ3) is 3.06. The molecule has 0 aliphatic rings. The number of rotatable bonds is 4. The van der Waals surface area contributed by atoms with Crippen molar-refractivity contribution in [2.75, 3.05) is 0 Å². The van der Waals surface area contributed by atoms with Crippen LogP contribution in [0.5, 0.6) is 0 Å². The summed E-state index contributed by atoms with van der Waals surface area (Å²) >= 11 is 3.23. The van der Waals surface area contributed by atoms with Crippen molar-refractivity contribution in [1.82, 2.24) is 15.1 Å². The number of halogens is 1. The van der Waals surface area contributed by atoms with Gasteiger partial charge in [0, 0.05) is 10.9 Å². The van der Waals surface area contributed by atoms with Crippen molar-refractivity contribution in [1.29, 1.82) is 0 Å². The maximum Gasteiger partial charge on any atom is 0.233 e. The van der Waals surface area contributed by atoms with E-state index in [4.69, 9.17) is 4.52 Å². The van der Waals surface area contributed by atoms with Crippen LogP contribution in [0, 0.1) is 5.82 Å². The molecule has 0 N–H and O–H groups in total. The van der Waals surface area contributed by atoms with Gasteiger partial charge in [0.1, 0.15) is 10.8 Å². The summed E-state index contributed by atoms with van der Waals surface area (Å²) in [6.45, 7) is 0. The first-order valence-corrected chi connectivity index (χ1v) is 8.61. The molecule has 1 aromatic carbocycles. The Morgan fingerprint density at radius 1 is 1.04 bits per heavy atom. The van der Waals surface area contributed by atoms with E-state index in [9.17, 15) is 4.39 Å². The molecule has 0 radical (unpaired) electrons. The number of aromatic nitrogens is 3. The van der Waals surface area contributed by atoms with Gasteiger partial charge in [0.2, 0.25) is 11.7 Å². The fourth-order valence-electron chi connectivity index (χ4n) is 2.10. The van der Waals surface area contributed by atoms with E-state index < -0.39 is 0 Å². The zero-order chi connectivity index (χ0) is 15.6. The van der Waals surface area contributed by atoms with Crippen LogP contribution in [-0.4, -0.2) is 15.1 Å². The summed E-state index contributed by atoms with van der Waals surface area (Å²) in [7, 11) is 0. The Hall–Kier alpha value is -2.38. The molecule has 0 aliphatic carbocycles. The maximum absolute atomic E-state index is 12.9. The van der Waals surface area contributed by atoms with Gasteiger partial charge in [0.05, 0.1) is 17.0 Å². The minimum absolute atomic E-state index is 0.290. The Morgan fingerprint density at radius 2 is 1.91 bits per heavy atom. The van der Waals surface area contributed by atoms with E-state index in [-0.39, 0.29) is 5.82 Å². The minimum Gasteiger partial charge on any atom is -0.339 e. The van der Waals surface area contributed by atoms with Crippen LogP contribution in [0.3, 0.4) is 0 Å². The Kier molecular flexibility index (Phi) is 3.72. The molecule has 3 heterocycles. The Labute approximate surface area is 139 Å². The molecule has 4 aromatic rings. The lowest BCUT2D eigenvalue weighted by Gasteiger charge is -1.92. The summed E-state index contributed by atoms with van der Waals surface area (Å²) in [5.74, 6) is 0.660. The summed E-state index contributed by atoms with van der Waals surface area (Å²) in [5.41, 5.74) is 1.69. The average Bonchev–Trinajstić information content (AvgIpc) is 3.29. The van der Waals surface area contributed by atoms with Crippen LogP contribution in [-0.2, 0) is 6.42 Å². The smallest absolute Gasteiger partial charge is 0.233 e. The lowest BCUT2D eigenvalue weighted by Crippen LogP contribution is -1.88. The van der Waals surface area contributed by atoms with Crippen LogP contribution in [0.2, 0.25) is 0 Å². The van der Waals surface area contributed by atoms with Gasteiger partial charge in [-0.2, -0.15) is 4.98 Å². The highest BCUT2D eigenvalue weighted by atomic mass is 32.1. The van der Waals surface area contributed by atoms with Crippen molar-refractivity contribution in [3.05, 3.63) is 63.9 Å². The van der Waals surface area contributed by atoms with Gasteiger partial charge in [-0.3, -0.25) is 0 Å². The molecule has 114 valence electrons. The van der Waals surface area contributed by atoms with Gasteiger partial charge < -0.3 is 4.52 Å². The van der Waals surface area contributed by atoms with Crippen molar-refractivity contribution < 1.29 is 8.91 Å². The number of benzene rings is 1. The summed E-state index contributed by atoms with van der Waals surface area (Å²) in [4.78, 5) is 10.1. The van der Waals surface area contributed by atoms with Crippen LogP contribution in [0.4, 0.5) is 4.39 Å². The Bertz CT molecular complexity index is 913. The lowest BCUT2D eigenvalue weighted by molar-refractivity contribution is 0.385. The lowest BCUT2D eigenvalue weighted by atomic mass is 10.2. The molecule has 23 heavy (non-hydrogen) atoms. The monoisotopic (exact) mass is 343 g/mol. The quantitative estimate of drug-likeness (QED) is 0.541. The molecule has 0 saturated heterocycles. The number of nitrogens with zero attached hydrogens (tertiary/aromatic N) is 3. The fourth-order valence-corrected chi connectivity index (χ4v) is 3.65. The van der Waals surface area contributed by atoms with Crippen molar-refractivity contribution in [3.8, 4) is 22.0 Å². The molecule has 3 aromatic heterocycles. The zero-order valence-corrected chi connectivity index (χ0v) is 13.4. The number of thiazole rings is 1. The minimum atomic E-state index is -0.290. The molecule has 0 spiro atoms. The highest BCUT2D eigenvalue weighted by Gasteiger charge is 2.12. The third-order valence-corrected chi connectivity index (χ3v) is 4.94. The number of hydrogen-bond acceptors (Lipinski definition) is 6. The van der Waals surface area contributed by atoms with E-state index in [1.54, 1.807) is 34.8 Å². The third-order valence-electron chi connectivity index (χ3n) is 3.20. The van der Waals surface area contributed by atoms with E-state index in [2.05, 4.69) is 15.1 Å². The molecule has 0 bridgehead atoms. The standard InChI is InChI=1S/C16H10FN3OS2/c17-11-5-3-10(4-6-11)16-19-14(21-20-16)8-15-18-12(9-23-15)13-2-1-7-22-13/h1-7,9H,8H2. The largest absolute Gasteiger partial charge is 0.339 e. The van der Waals surface area contributed by atoms with Gasteiger partial charge in [-0.1, -0.05) is 11.2 Å². The predicted octanol–water partition coefficient (Wildman–Crippen LogP) is 4.65. The second-order valence-electron chi connectivity index (χ2n) is 4.80. The molecular formula is C16H10FN3OS2. The summed E-state index contributed by atoms with van der Waals surface area (Å²) in [6, 6.07) is 10.1. The average molecular weight is 343 g/mol. The second kappa shape index (κ2) is 6.02. The molecule has 7 heteroatoms. The first kappa shape index (κ1) is 14.2. The van der Waals surface area contributed by atoms with E-state index in [0.29, 0.717) is 18.1 Å². The summed E-state index contributed by atoms with van der Waals surface area (Å²) in [5, 5.41) is 8.91. The van der Waals surface area contributed by atoms with Crippen molar-refractivity contribution in [2.24, 2.45) is 0 Å². The Balaban J connectivity index is 1.53. The first-order chi connectivity index (χ1) is 11.3. The summed E-state index contributed by atoms with van der Waals surface area (Å²) < 4.78 is 18.2. The number of hydrogen-bond donors (Lipinski definition) is 0. The van der Waals surface area contributed by atoms with Crippen LogP contribution in [0.15, 0.2) is 51.7 Å². The molecule has 0 amide bonds. The number of thiophene rings is 1. The Morgan fingerprint density at radius 3 is 2.70 bits per heavy atom. The van der Waals surface area contributed by atoms with Crippen LogP contribution >= 0.6 is 22.7 Å². The van der Waals surface area contributed by atoms with Gasteiger partial charge in [-0.05, 0) is 35.7 Å². The highest BCUT2D eigenvalue weighted by Crippen LogP contribution is 2.27. The van der Waals surface area contributed by atoms with Gasteiger partial charge in [-0.25, -0.2) is 9.37 Å². The maximum atomic E-state index is 12.9. The van der Waals surface area contributed by atoms with Gasteiger partial charge in [-0.15, -0.1) is 22.7 Å². The van der Waals surface area contributed by atoms with Gasteiger partial charge in [0.25, 0.3) is 0 Å². The molecule has 4 nitrogen and oxygen atoms in total. The van der Waals surface area contributed by atoms with Crippen LogP contribution in [0.25, 0.3) is 22.0 Å². The highest BCUT2D eigenvalue weighted by molar-refractivity contribution is 7.14. The molecule has 0 saturated carbocycles. The second-order valence-corrected chi connectivity index (χ2v) is 6.69. The van der Waals surface area contributed by atoms with E-state index in [1.807, 2.05) is 22.9 Å². The molecular weight excluding hydrogens is 333 g/mol. The van der Waals surface area contributed by atoms with Crippen LogP contribution < -0.4 is 0 Å².